The summed E-state index contributed by atoms with van der Waals surface area (Å²) in [4.78, 5) is 15.9. The van der Waals surface area contributed by atoms with Gasteiger partial charge in [-0.2, -0.15) is 0 Å². The monoisotopic (exact) mass is 237 g/mol. The summed E-state index contributed by atoms with van der Waals surface area (Å²) in [5.74, 6) is 3.23. The van der Waals surface area contributed by atoms with Gasteiger partial charge in [0.05, 0.1) is 13.1 Å². The normalized spacial score (nSPS) is 17.7. The molecule has 0 saturated carbocycles. The molecule has 0 bridgehead atoms. The second-order valence-electron chi connectivity index (χ2n) is 4.83. The molecule has 96 valence electrons. The highest BCUT2D eigenvalue weighted by Gasteiger charge is 2.19. The van der Waals surface area contributed by atoms with Gasteiger partial charge in [0.2, 0.25) is 5.91 Å². The highest BCUT2D eigenvalue weighted by Crippen LogP contribution is 2.16. The van der Waals surface area contributed by atoms with E-state index in [-0.39, 0.29) is 5.91 Å². The van der Waals surface area contributed by atoms with E-state index in [9.17, 15) is 4.79 Å². The molecule has 1 amide bonds. The number of likely N-dealkylation sites (tertiary alicyclic amines) is 1. The second kappa shape index (κ2) is 7.31. The predicted octanol–water partition coefficient (Wildman–Crippen LogP) is 0.00940. The molecule has 1 fully saturated rings. The van der Waals surface area contributed by atoms with Crippen LogP contribution in [0.3, 0.4) is 0 Å². The van der Waals surface area contributed by atoms with Crippen molar-refractivity contribution in [1.82, 2.24) is 15.1 Å². The van der Waals surface area contributed by atoms with Crippen molar-refractivity contribution >= 4 is 5.91 Å². The van der Waals surface area contributed by atoms with E-state index in [2.05, 4.69) is 23.2 Å². The molecule has 0 radical (unpaired) electrons. The van der Waals surface area contributed by atoms with E-state index in [0.717, 1.165) is 19.6 Å². The van der Waals surface area contributed by atoms with E-state index >= 15 is 0 Å². The third-order valence-corrected chi connectivity index (χ3v) is 3.30. The molecule has 1 rings (SSSR count). The minimum absolute atomic E-state index is 0.124. The zero-order valence-corrected chi connectivity index (χ0v) is 10.9. The molecular formula is C13H23N3O. The second-order valence-corrected chi connectivity index (χ2v) is 4.83. The summed E-state index contributed by atoms with van der Waals surface area (Å²) >= 11 is 0. The Morgan fingerprint density at radius 1 is 1.53 bits per heavy atom. The highest BCUT2D eigenvalue weighted by molar-refractivity contribution is 5.77. The van der Waals surface area contributed by atoms with Crippen molar-refractivity contribution in [3.05, 3.63) is 0 Å². The van der Waals surface area contributed by atoms with Crippen LogP contribution in [0.4, 0.5) is 0 Å². The number of carbonyl (C=O) groups excluding carboxylic acids is 1. The van der Waals surface area contributed by atoms with Crippen molar-refractivity contribution in [2.24, 2.45) is 5.92 Å². The number of amides is 1. The lowest BCUT2D eigenvalue weighted by Crippen LogP contribution is -2.41. The maximum Gasteiger partial charge on any atom is 0.236 e. The molecule has 0 aromatic carbocycles. The molecular weight excluding hydrogens is 214 g/mol. The van der Waals surface area contributed by atoms with E-state index in [4.69, 9.17) is 6.42 Å². The van der Waals surface area contributed by atoms with Crippen molar-refractivity contribution in [1.29, 1.82) is 0 Å². The van der Waals surface area contributed by atoms with E-state index in [0.29, 0.717) is 19.0 Å². The quantitative estimate of drug-likeness (QED) is 0.540. The van der Waals surface area contributed by atoms with Gasteiger partial charge in [-0.3, -0.25) is 10.1 Å². The van der Waals surface area contributed by atoms with Gasteiger partial charge in [0, 0.05) is 13.6 Å². The molecule has 1 heterocycles. The van der Waals surface area contributed by atoms with Gasteiger partial charge in [-0.1, -0.05) is 5.92 Å². The summed E-state index contributed by atoms with van der Waals surface area (Å²) in [7, 11) is 4.02. The SMILES string of the molecule is C#CCNCC(=O)N(C)CC1CCN(C)CC1. The number of nitrogens with zero attached hydrogens (tertiary/aromatic N) is 2. The zero-order valence-electron chi connectivity index (χ0n) is 10.9. The van der Waals surface area contributed by atoms with Gasteiger partial charge in [0.25, 0.3) is 0 Å². The van der Waals surface area contributed by atoms with Gasteiger partial charge in [-0.05, 0) is 38.9 Å². The zero-order chi connectivity index (χ0) is 12.7. The summed E-state index contributed by atoms with van der Waals surface area (Å²) in [6.45, 7) is 3.94. The van der Waals surface area contributed by atoms with Crippen LogP contribution >= 0.6 is 0 Å². The Labute approximate surface area is 104 Å². The Morgan fingerprint density at radius 3 is 2.76 bits per heavy atom. The largest absolute Gasteiger partial charge is 0.344 e. The van der Waals surface area contributed by atoms with Crippen molar-refractivity contribution in [2.45, 2.75) is 12.8 Å². The van der Waals surface area contributed by atoms with E-state index in [1.807, 2.05) is 11.9 Å². The number of terminal acetylenes is 1. The third-order valence-electron chi connectivity index (χ3n) is 3.30. The fraction of sp³-hybridized carbons (Fsp3) is 0.769. The number of hydrogen-bond acceptors (Lipinski definition) is 3. The smallest absolute Gasteiger partial charge is 0.236 e. The van der Waals surface area contributed by atoms with Crippen LogP contribution in [0.2, 0.25) is 0 Å². The van der Waals surface area contributed by atoms with Crippen molar-refractivity contribution in [3.63, 3.8) is 0 Å². The molecule has 0 spiro atoms. The van der Waals surface area contributed by atoms with Crippen LogP contribution in [0.15, 0.2) is 0 Å². The first-order chi connectivity index (χ1) is 8.13. The molecule has 1 saturated heterocycles. The minimum atomic E-state index is 0.124. The molecule has 0 unspecified atom stereocenters. The van der Waals surface area contributed by atoms with Gasteiger partial charge >= 0.3 is 0 Å². The van der Waals surface area contributed by atoms with Gasteiger partial charge in [-0.15, -0.1) is 6.42 Å². The Balaban J connectivity index is 2.21. The van der Waals surface area contributed by atoms with Gasteiger partial charge in [-0.25, -0.2) is 0 Å². The summed E-state index contributed by atoms with van der Waals surface area (Å²) in [6.07, 6.45) is 7.48. The average molecular weight is 237 g/mol. The number of piperidine rings is 1. The summed E-state index contributed by atoms with van der Waals surface area (Å²) < 4.78 is 0. The maximum atomic E-state index is 11.7. The van der Waals surface area contributed by atoms with Crippen molar-refractivity contribution in [3.8, 4) is 12.3 Å². The minimum Gasteiger partial charge on any atom is -0.344 e. The van der Waals surface area contributed by atoms with E-state index in [1.165, 1.54) is 12.8 Å². The molecule has 4 nitrogen and oxygen atoms in total. The predicted molar refractivity (Wildman–Crippen MR) is 69.6 cm³/mol. The number of nitrogens with one attached hydrogen (secondary N) is 1. The molecule has 17 heavy (non-hydrogen) atoms. The number of carbonyl (C=O) groups is 1. The molecule has 0 aromatic heterocycles. The van der Waals surface area contributed by atoms with Crippen LogP contribution in [-0.4, -0.2) is 62.5 Å². The molecule has 1 aliphatic rings. The summed E-state index contributed by atoms with van der Waals surface area (Å²) in [6, 6.07) is 0. The lowest BCUT2D eigenvalue weighted by Gasteiger charge is -2.31. The first-order valence-electron chi connectivity index (χ1n) is 6.20. The van der Waals surface area contributed by atoms with E-state index < -0.39 is 0 Å². The van der Waals surface area contributed by atoms with Crippen LogP contribution in [0.5, 0.6) is 0 Å². The summed E-state index contributed by atoms with van der Waals surface area (Å²) in [5, 5.41) is 2.92. The van der Waals surface area contributed by atoms with Crippen molar-refractivity contribution < 1.29 is 4.79 Å². The highest BCUT2D eigenvalue weighted by atomic mass is 16.2. The fourth-order valence-corrected chi connectivity index (χ4v) is 2.11. The molecule has 4 heteroatoms. The topological polar surface area (TPSA) is 35.6 Å². The lowest BCUT2D eigenvalue weighted by atomic mass is 9.97. The number of likely N-dealkylation sites (N-methyl/N-ethyl adjacent to an activating group) is 1. The number of hydrogen-bond donors (Lipinski definition) is 1. The van der Waals surface area contributed by atoms with Crippen LogP contribution in [-0.2, 0) is 4.79 Å². The van der Waals surface area contributed by atoms with Crippen LogP contribution in [0.25, 0.3) is 0 Å². The lowest BCUT2D eigenvalue weighted by molar-refractivity contribution is -0.129. The van der Waals surface area contributed by atoms with Crippen LogP contribution in [0.1, 0.15) is 12.8 Å². The molecule has 0 aromatic rings. The Kier molecular flexibility index (Phi) is 6.03. The molecule has 1 N–H and O–H groups in total. The summed E-state index contributed by atoms with van der Waals surface area (Å²) in [5.41, 5.74) is 0. The van der Waals surface area contributed by atoms with Crippen molar-refractivity contribution in [2.75, 3.05) is 46.8 Å². The molecule has 0 atom stereocenters. The molecule has 1 aliphatic heterocycles. The maximum absolute atomic E-state index is 11.7. The van der Waals surface area contributed by atoms with E-state index in [1.54, 1.807) is 0 Å². The van der Waals surface area contributed by atoms with Gasteiger partial charge in [0.1, 0.15) is 0 Å². The number of rotatable bonds is 5. The average Bonchev–Trinajstić information content (AvgIpc) is 2.32. The van der Waals surface area contributed by atoms with Gasteiger partial charge < -0.3 is 9.80 Å². The Hall–Kier alpha value is -1.05. The first-order valence-corrected chi connectivity index (χ1v) is 6.20. The van der Waals surface area contributed by atoms with Crippen LogP contribution < -0.4 is 5.32 Å². The third kappa shape index (κ3) is 5.20. The Morgan fingerprint density at radius 2 is 2.18 bits per heavy atom. The standard InChI is InChI=1S/C13H23N3O/c1-4-7-14-10-13(17)16(3)11-12-5-8-15(2)9-6-12/h1,12,14H,5-11H2,2-3H3. The van der Waals surface area contributed by atoms with Crippen LogP contribution in [0, 0.1) is 18.3 Å². The molecule has 0 aliphatic carbocycles. The van der Waals surface area contributed by atoms with Gasteiger partial charge in [0.15, 0.2) is 0 Å². The fourth-order valence-electron chi connectivity index (χ4n) is 2.11. The Bertz CT molecular complexity index is 277. The first kappa shape index (κ1) is 14.0.